The number of hydrogen-bond acceptors (Lipinski definition) is 4. The van der Waals surface area contributed by atoms with Crippen molar-refractivity contribution in [1.29, 1.82) is 0 Å². The zero-order chi connectivity index (χ0) is 19.3. The molecule has 0 aromatic heterocycles. The first kappa shape index (κ1) is 17.3. The summed E-state index contributed by atoms with van der Waals surface area (Å²) in [7, 11) is 0. The second kappa shape index (κ2) is 6.63. The van der Waals surface area contributed by atoms with E-state index in [1.165, 1.54) is 12.1 Å². The molecule has 0 unspecified atom stereocenters. The number of ether oxygens (including phenoxy) is 1. The fraction of sp³-hybridized carbons (Fsp3) is 0.136. The van der Waals surface area contributed by atoms with E-state index < -0.39 is 6.23 Å². The normalized spacial score (nSPS) is 20.2. The monoisotopic (exact) mass is 438 g/mol. The van der Waals surface area contributed by atoms with Gasteiger partial charge in [-0.25, -0.2) is 9.40 Å². The second-order valence-electron chi connectivity index (χ2n) is 6.86. The standard InChI is InChI=1S/C22H16BrFN2O2/c23-14-7-10-20(27)17(11-14)22-26-19(16-3-1-2-4-21(16)28-22)12-18(25-26)13-5-8-15(24)9-6-13/h1-11,19,22,27H,12H2/t19-,22-/m0/s1. The summed E-state index contributed by atoms with van der Waals surface area (Å²) < 4.78 is 20.4. The van der Waals surface area contributed by atoms with Crippen LogP contribution in [0.1, 0.15) is 35.4 Å². The Labute approximate surface area is 170 Å². The predicted molar refractivity (Wildman–Crippen MR) is 108 cm³/mol. The molecule has 3 aromatic rings. The smallest absolute Gasteiger partial charge is 0.217 e. The number of halogens is 2. The lowest BCUT2D eigenvalue weighted by atomic mass is 9.96. The molecule has 3 aromatic carbocycles. The molecule has 0 fully saturated rings. The van der Waals surface area contributed by atoms with Gasteiger partial charge in [-0.2, -0.15) is 5.10 Å². The molecule has 0 aliphatic carbocycles. The third-order valence-corrected chi connectivity index (χ3v) is 5.63. The summed E-state index contributed by atoms with van der Waals surface area (Å²) in [4.78, 5) is 0. The van der Waals surface area contributed by atoms with E-state index in [9.17, 15) is 9.50 Å². The van der Waals surface area contributed by atoms with Gasteiger partial charge >= 0.3 is 0 Å². The van der Waals surface area contributed by atoms with Crippen LogP contribution in [-0.2, 0) is 0 Å². The van der Waals surface area contributed by atoms with Crippen molar-refractivity contribution in [3.63, 3.8) is 0 Å². The molecular weight excluding hydrogens is 423 g/mol. The summed E-state index contributed by atoms with van der Waals surface area (Å²) in [5, 5.41) is 17.2. The van der Waals surface area contributed by atoms with Crippen LogP contribution in [-0.4, -0.2) is 15.8 Å². The molecule has 28 heavy (non-hydrogen) atoms. The highest BCUT2D eigenvalue weighted by Crippen LogP contribution is 2.48. The fourth-order valence-electron chi connectivity index (χ4n) is 3.78. The van der Waals surface area contributed by atoms with Crippen molar-refractivity contribution in [3.8, 4) is 11.5 Å². The van der Waals surface area contributed by atoms with Gasteiger partial charge in [0, 0.05) is 16.5 Å². The van der Waals surface area contributed by atoms with Crippen LogP contribution >= 0.6 is 15.9 Å². The van der Waals surface area contributed by atoms with Gasteiger partial charge in [0.05, 0.1) is 17.3 Å². The van der Waals surface area contributed by atoms with E-state index in [-0.39, 0.29) is 17.6 Å². The van der Waals surface area contributed by atoms with Gasteiger partial charge in [-0.1, -0.05) is 46.3 Å². The molecule has 5 rings (SSSR count). The Morgan fingerprint density at radius 1 is 1.04 bits per heavy atom. The van der Waals surface area contributed by atoms with E-state index >= 15 is 0 Å². The third kappa shape index (κ3) is 2.85. The Hall–Kier alpha value is -2.86. The highest BCUT2D eigenvalue weighted by molar-refractivity contribution is 9.10. The van der Waals surface area contributed by atoms with Crippen LogP contribution < -0.4 is 4.74 Å². The van der Waals surface area contributed by atoms with Crippen molar-refractivity contribution >= 4 is 21.6 Å². The molecule has 0 saturated heterocycles. The Bertz CT molecular complexity index is 1080. The number of fused-ring (bicyclic) bond motifs is 3. The van der Waals surface area contributed by atoms with Crippen LogP contribution in [0.4, 0.5) is 4.39 Å². The van der Waals surface area contributed by atoms with Crippen LogP contribution in [0.5, 0.6) is 11.5 Å². The number of hydrazone groups is 1. The molecule has 0 radical (unpaired) electrons. The Kier molecular flexibility index (Phi) is 4.09. The predicted octanol–water partition coefficient (Wildman–Crippen LogP) is 5.54. The van der Waals surface area contributed by atoms with E-state index in [2.05, 4.69) is 15.9 Å². The topological polar surface area (TPSA) is 45.1 Å². The van der Waals surface area contributed by atoms with Crippen molar-refractivity contribution < 1.29 is 14.2 Å². The minimum atomic E-state index is -0.560. The first-order valence-electron chi connectivity index (χ1n) is 8.96. The van der Waals surface area contributed by atoms with E-state index in [0.29, 0.717) is 12.0 Å². The van der Waals surface area contributed by atoms with Crippen LogP contribution in [0.15, 0.2) is 76.3 Å². The van der Waals surface area contributed by atoms with Crippen molar-refractivity contribution in [2.24, 2.45) is 5.10 Å². The average molecular weight is 439 g/mol. The van der Waals surface area contributed by atoms with Gasteiger partial charge in [-0.15, -0.1) is 0 Å². The zero-order valence-electron chi connectivity index (χ0n) is 14.7. The maximum Gasteiger partial charge on any atom is 0.217 e. The molecule has 0 amide bonds. The second-order valence-corrected chi connectivity index (χ2v) is 7.78. The summed E-state index contributed by atoms with van der Waals surface area (Å²) in [6.07, 6.45) is 0.118. The van der Waals surface area contributed by atoms with Crippen LogP contribution in [0.25, 0.3) is 0 Å². The van der Waals surface area contributed by atoms with Crippen molar-refractivity contribution in [1.82, 2.24) is 5.01 Å². The molecule has 0 saturated carbocycles. The number of aromatic hydroxyl groups is 1. The number of para-hydroxylation sites is 1. The van der Waals surface area contributed by atoms with E-state index in [4.69, 9.17) is 9.84 Å². The molecule has 6 heteroatoms. The van der Waals surface area contributed by atoms with Crippen LogP contribution in [0, 0.1) is 5.82 Å². The van der Waals surface area contributed by atoms with Crippen LogP contribution in [0.3, 0.4) is 0 Å². The summed E-state index contributed by atoms with van der Waals surface area (Å²) in [5.41, 5.74) is 3.43. The quantitative estimate of drug-likeness (QED) is 0.571. The largest absolute Gasteiger partial charge is 0.507 e. The first-order chi connectivity index (χ1) is 13.6. The molecule has 1 N–H and O–H groups in total. The van der Waals surface area contributed by atoms with Gasteiger partial charge in [0.25, 0.3) is 0 Å². The number of phenolic OH excluding ortho intramolecular Hbond substituents is 1. The first-order valence-corrected chi connectivity index (χ1v) is 9.75. The third-order valence-electron chi connectivity index (χ3n) is 5.13. The molecule has 2 heterocycles. The molecule has 0 spiro atoms. The van der Waals surface area contributed by atoms with E-state index in [1.807, 2.05) is 35.3 Å². The Morgan fingerprint density at radius 3 is 2.64 bits per heavy atom. The van der Waals surface area contributed by atoms with E-state index in [1.54, 1.807) is 24.3 Å². The van der Waals surface area contributed by atoms with Gasteiger partial charge in [0.2, 0.25) is 6.23 Å². The van der Waals surface area contributed by atoms with Crippen LogP contribution in [0.2, 0.25) is 0 Å². The lowest BCUT2D eigenvalue weighted by Crippen LogP contribution is -2.33. The number of nitrogens with zero attached hydrogens (tertiary/aromatic N) is 2. The molecule has 2 atom stereocenters. The molecule has 0 bridgehead atoms. The average Bonchev–Trinajstić information content (AvgIpc) is 3.15. The Balaban J connectivity index is 1.62. The summed E-state index contributed by atoms with van der Waals surface area (Å²) >= 11 is 3.47. The molecule has 4 nitrogen and oxygen atoms in total. The van der Waals surface area contributed by atoms with Gasteiger partial charge in [0.15, 0.2) is 0 Å². The maximum atomic E-state index is 13.3. The maximum absolute atomic E-state index is 13.3. The molecule has 2 aliphatic rings. The lowest BCUT2D eigenvalue weighted by molar-refractivity contribution is -0.0203. The highest BCUT2D eigenvalue weighted by atomic mass is 79.9. The summed E-state index contributed by atoms with van der Waals surface area (Å²) in [6, 6.07) is 19.5. The van der Waals surface area contributed by atoms with Crippen molar-refractivity contribution in [3.05, 3.63) is 93.7 Å². The highest BCUT2D eigenvalue weighted by Gasteiger charge is 2.41. The SMILES string of the molecule is Oc1ccc(Br)cc1[C@@H]1Oc2ccccc2[C@@H]2CC(c3ccc(F)cc3)=NN21. The lowest BCUT2D eigenvalue weighted by Gasteiger charge is -2.38. The number of hydrogen-bond donors (Lipinski definition) is 1. The number of rotatable bonds is 2. The minimum Gasteiger partial charge on any atom is -0.507 e. The van der Waals surface area contributed by atoms with Gasteiger partial charge < -0.3 is 9.84 Å². The van der Waals surface area contributed by atoms with Gasteiger partial charge in [-0.3, -0.25) is 0 Å². The van der Waals surface area contributed by atoms with E-state index in [0.717, 1.165) is 27.1 Å². The van der Waals surface area contributed by atoms with Gasteiger partial charge in [0.1, 0.15) is 17.3 Å². The Morgan fingerprint density at radius 2 is 1.82 bits per heavy atom. The van der Waals surface area contributed by atoms with Crippen molar-refractivity contribution in [2.45, 2.75) is 18.7 Å². The zero-order valence-corrected chi connectivity index (χ0v) is 16.3. The number of benzene rings is 3. The summed E-state index contributed by atoms with van der Waals surface area (Å²) in [5.74, 6) is 0.658. The minimum absolute atomic E-state index is 0.0200. The van der Waals surface area contributed by atoms with Gasteiger partial charge in [-0.05, 0) is 42.0 Å². The number of phenols is 1. The summed E-state index contributed by atoms with van der Waals surface area (Å²) in [6.45, 7) is 0. The molecule has 2 aliphatic heterocycles. The molecular formula is C22H16BrFN2O2. The fourth-order valence-corrected chi connectivity index (χ4v) is 4.16. The van der Waals surface area contributed by atoms with Crippen molar-refractivity contribution in [2.75, 3.05) is 0 Å². The molecule has 140 valence electrons.